The van der Waals surface area contributed by atoms with E-state index in [2.05, 4.69) is 33.8 Å². The van der Waals surface area contributed by atoms with Gasteiger partial charge in [-0.1, -0.05) is 52.2 Å². The molecular formula is C62H104O31S. The molecule has 31 nitrogen and oxygen atoms in total. The maximum Gasteiger partial charge on any atom is 0.397 e. The van der Waals surface area contributed by atoms with Gasteiger partial charge in [-0.25, -0.2) is 4.18 Å². The van der Waals surface area contributed by atoms with Crippen molar-refractivity contribution in [2.75, 3.05) is 13.2 Å². The van der Waals surface area contributed by atoms with Crippen LogP contribution in [0.2, 0.25) is 0 Å². The molecule has 544 valence electrons. The molecule has 94 heavy (non-hydrogen) atoms. The molecule has 3 saturated carbocycles. The molecule has 0 radical (unpaired) electrons. The van der Waals surface area contributed by atoms with Crippen LogP contribution in [-0.2, 0) is 71.4 Å². The zero-order valence-electron chi connectivity index (χ0n) is 54.5. The molecule has 4 aliphatic carbocycles. The van der Waals surface area contributed by atoms with E-state index in [1.807, 2.05) is 6.92 Å². The Labute approximate surface area is 546 Å². The summed E-state index contributed by atoms with van der Waals surface area (Å²) in [6.45, 7) is 14.8. The van der Waals surface area contributed by atoms with Crippen molar-refractivity contribution in [1.82, 2.24) is 0 Å². The van der Waals surface area contributed by atoms with Crippen molar-refractivity contribution in [3.63, 3.8) is 0 Å². The Balaban J connectivity index is 0.895. The molecule has 38 atom stereocenters. The quantitative estimate of drug-likeness (QED) is 0.0427. The first-order chi connectivity index (χ1) is 44.0. The van der Waals surface area contributed by atoms with Gasteiger partial charge < -0.3 is 133 Å². The van der Waals surface area contributed by atoms with Crippen molar-refractivity contribution in [2.24, 2.45) is 40.4 Å². The fourth-order valence-corrected chi connectivity index (χ4v) is 17.7. The fraction of sp³-hybridized carbons (Fsp3) is 0.968. The van der Waals surface area contributed by atoms with Crippen molar-refractivity contribution >= 4 is 10.4 Å². The molecule has 6 saturated heterocycles. The summed E-state index contributed by atoms with van der Waals surface area (Å²) in [5.74, 6) is 0.00892. The molecule has 10 rings (SSSR count). The SMILES string of the molecule is CC(C)CCCC(C)(O)C1CCC2C3CC(OC4OC(C)C(O)C(OC5OCC(OC6OC(C)C(O)C(O)C6OC6OC(C)C(O)C(OC7OC(CO)C(O)C(O)C7O)C6O)C(O)C5OC5OC(C)C(O)C(O)C5O)C4O)C4CC(OS(=O)(=O)O)CCC4(C)C3=CCC21C. The molecule has 0 spiro atoms. The van der Waals surface area contributed by atoms with Gasteiger partial charge in [0.05, 0.1) is 55.4 Å². The van der Waals surface area contributed by atoms with Crippen LogP contribution in [0.5, 0.6) is 0 Å². The van der Waals surface area contributed by atoms with E-state index in [1.54, 1.807) is 0 Å². The first-order valence-electron chi connectivity index (χ1n) is 33.4. The van der Waals surface area contributed by atoms with Crippen molar-refractivity contribution < 1.29 is 151 Å². The minimum Gasteiger partial charge on any atom is -0.394 e. The van der Waals surface area contributed by atoms with Gasteiger partial charge in [-0.15, -0.1) is 0 Å². The van der Waals surface area contributed by atoms with Gasteiger partial charge in [0.15, 0.2) is 37.7 Å². The summed E-state index contributed by atoms with van der Waals surface area (Å²) in [6.07, 6.45) is -43.2. The topological polar surface area (TPSA) is 478 Å². The summed E-state index contributed by atoms with van der Waals surface area (Å²) in [6, 6.07) is 0. The van der Waals surface area contributed by atoms with E-state index in [4.69, 9.17) is 61.0 Å². The van der Waals surface area contributed by atoms with Gasteiger partial charge >= 0.3 is 10.4 Å². The summed E-state index contributed by atoms with van der Waals surface area (Å²) >= 11 is 0. The van der Waals surface area contributed by atoms with Crippen LogP contribution in [0.3, 0.4) is 0 Å². The van der Waals surface area contributed by atoms with E-state index in [9.17, 15) is 89.6 Å². The van der Waals surface area contributed by atoms with Gasteiger partial charge in [0, 0.05) is 0 Å². The lowest BCUT2D eigenvalue weighted by Crippen LogP contribution is -2.67. The monoisotopic (exact) mass is 1380 g/mol. The Bertz CT molecular complexity index is 2640. The summed E-state index contributed by atoms with van der Waals surface area (Å²) < 4.78 is 113. The van der Waals surface area contributed by atoms with E-state index < -0.39 is 231 Å². The third kappa shape index (κ3) is 14.9. The largest absolute Gasteiger partial charge is 0.397 e. The van der Waals surface area contributed by atoms with Crippen LogP contribution in [0.25, 0.3) is 0 Å². The number of aliphatic hydroxyl groups is 15. The van der Waals surface area contributed by atoms with E-state index in [-0.39, 0.29) is 36.0 Å². The van der Waals surface area contributed by atoms with Crippen LogP contribution < -0.4 is 0 Å². The molecule has 32 heteroatoms. The Hall–Kier alpha value is -1.47. The second kappa shape index (κ2) is 29.5. The first-order valence-corrected chi connectivity index (χ1v) is 34.7. The number of rotatable bonds is 20. The minimum atomic E-state index is -4.88. The highest BCUT2D eigenvalue weighted by atomic mass is 32.3. The van der Waals surface area contributed by atoms with Crippen molar-refractivity contribution in [1.29, 1.82) is 0 Å². The smallest absolute Gasteiger partial charge is 0.394 e. The minimum absolute atomic E-state index is 0.0190. The molecule has 0 amide bonds. The molecule has 6 aliphatic heterocycles. The normalized spacial score (nSPS) is 52.5. The number of aliphatic hydroxyl groups excluding tert-OH is 14. The zero-order valence-corrected chi connectivity index (χ0v) is 55.4. The molecule has 0 aromatic carbocycles. The molecule has 9 fully saturated rings. The van der Waals surface area contributed by atoms with Crippen molar-refractivity contribution in [3.05, 3.63) is 11.6 Å². The lowest BCUT2D eigenvalue weighted by atomic mass is 9.47. The third-order valence-electron chi connectivity index (χ3n) is 22.6. The molecule has 0 bridgehead atoms. The van der Waals surface area contributed by atoms with Crippen molar-refractivity contribution in [2.45, 2.75) is 322 Å². The summed E-state index contributed by atoms with van der Waals surface area (Å²) in [7, 11) is -4.88. The van der Waals surface area contributed by atoms with Crippen LogP contribution in [-0.4, -0.2) is 299 Å². The molecule has 6 heterocycles. The molecule has 0 aromatic rings. The number of hydrogen-bond acceptors (Lipinski definition) is 30. The highest BCUT2D eigenvalue weighted by Crippen LogP contribution is 2.67. The van der Waals surface area contributed by atoms with Crippen LogP contribution >= 0.6 is 0 Å². The molecule has 10 aliphatic rings. The second-order valence-electron chi connectivity index (χ2n) is 29.4. The lowest BCUT2D eigenvalue weighted by molar-refractivity contribution is -0.401. The predicted molar refractivity (Wildman–Crippen MR) is 316 cm³/mol. The van der Waals surface area contributed by atoms with Crippen molar-refractivity contribution in [3.8, 4) is 0 Å². The van der Waals surface area contributed by atoms with Gasteiger partial charge in [0.2, 0.25) is 0 Å². The Kier molecular flexibility index (Phi) is 23.6. The van der Waals surface area contributed by atoms with Crippen LogP contribution in [0, 0.1) is 40.4 Å². The highest BCUT2D eigenvalue weighted by Gasteiger charge is 2.64. The summed E-state index contributed by atoms with van der Waals surface area (Å²) in [5.41, 5.74) is -0.649. The fourth-order valence-electron chi connectivity index (χ4n) is 17.2. The molecular weight excluding hydrogens is 1270 g/mol. The third-order valence-corrected chi connectivity index (χ3v) is 23.2. The molecule has 38 unspecified atom stereocenters. The Morgan fingerprint density at radius 3 is 1.65 bits per heavy atom. The van der Waals surface area contributed by atoms with Gasteiger partial charge in [0.25, 0.3) is 0 Å². The average Bonchev–Trinajstić information content (AvgIpc) is 1.34. The van der Waals surface area contributed by atoms with Gasteiger partial charge in [-0.2, -0.15) is 8.42 Å². The number of allylic oxidation sites excluding steroid dienone is 2. The second-order valence-corrected chi connectivity index (χ2v) is 30.5. The van der Waals surface area contributed by atoms with Gasteiger partial charge in [-0.3, -0.25) is 4.55 Å². The lowest BCUT2D eigenvalue weighted by Gasteiger charge is -2.60. The first kappa shape index (κ1) is 75.2. The van der Waals surface area contributed by atoms with Crippen LogP contribution in [0.1, 0.15) is 127 Å². The predicted octanol–water partition coefficient (Wildman–Crippen LogP) is -3.00. The van der Waals surface area contributed by atoms with Gasteiger partial charge in [-0.05, 0) is 126 Å². The van der Waals surface area contributed by atoms with Crippen LogP contribution in [0.4, 0.5) is 0 Å². The number of fused-ring (bicyclic) bond motifs is 5. The number of hydrogen-bond donors (Lipinski definition) is 16. The molecule has 16 N–H and O–H groups in total. The maximum absolute atomic E-state index is 12.5. The van der Waals surface area contributed by atoms with E-state index in [1.165, 1.54) is 33.3 Å². The maximum atomic E-state index is 12.5. The average molecular weight is 1380 g/mol. The standard InChI is InChI=1S/C62H104O31S/c1-23(2)11-10-16-62(9,77)36-13-12-30-29-20-33(32-19-28(93-94(78,79)80)14-17-60(32,7)31(29)15-18-61(30,36)8)86-56-48(75)51(40(67)26(5)83-56)90-58-52(91-54-46(73)43(70)37(64)24(3)82-54)42(69)35(22-81-58)88-59-53(45(72)38(65)25(4)85-59)92-57-49(76)50(39(66)27(6)84-57)89-55-47(74)44(71)41(68)34(21-63)87-55/h15,23-30,32-59,63-77H,10-14,16-22H2,1-9H3,(H,78,79,80). The number of ether oxygens (including phenoxy) is 12. The summed E-state index contributed by atoms with van der Waals surface area (Å²) in [4.78, 5) is 0. The Morgan fingerprint density at radius 2 is 1.06 bits per heavy atom. The summed E-state index contributed by atoms with van der Waals surface area (Å²) in [5, 5.41) is 169. The molecule has 0 aromatic heterocycles. The van der Waals surface area contributed by atoms with Crippen LogP contribution in [0.15, 0.2) is 11.6 Å². The van der Waals surface area contributed by atoms with E-state index in [0.717, 1.165) is 32.1 Å². The van der Waals surface area contributed by atoms with E-state index >= 15 is 0 Å². The Morgan fingerprint density at radius 1 is 0.564 bits per heavy atom. The van der Waals surface area contributed by atoms with E-state index in [0.29, 0.717) is 25.2 Å². The van der Waals surface area contributed by atoms with Gasteiger partial charge in [0.1, 0.15) is 116 Å². The zero-order chi connectivity index (χ0) is 68.7. The highest BCUT2D eigenvalue weighted by molar-refractivity contribution is 7.80.